The van der Waals surface area contributed by atoms with Gasteiger partial charge in [0.1, 0.15) is 22.2 Å². The number of rotatable bonds is 3. The van der Waals surface area contributed by atoms with E-state index in [0.29, 0.717) is 10.8 Å². The number of halogens is 1. The van der Waals surface area contributed by atoms with Crippen molar-refractivity contribution in [1.29, 1.82) is 0 Å². The molecule has 0 spiro atoms. The van der Waals surface area contributed by atoms with Gasteiger partial charge in [-0.1, -0.05) is 11.6 Å². The van der Waals surface area contributed by atoms with Crippen molar-refractivity contribution in [3.63, 3.8) is 0 Å². The Balaban J connectivity index is 2.13. The van der Waals surface area contributed by atoms with E-state index in [0.717, 1.165) is 5.01 Å². The molecule has 0 saturated heterocycles. The topological polar surface area (TPSA) is 50.7 Å². The van der Waals surface area contributed by atoms with Crippen molar-refractivity contribution in [2.24, 2.45) is 0 Å². The van der Waals surface area contributed by atoms with Gasteiger partial charge in [0.25, 0.3) is 0 Å². The molecule has 0 aliphatic rings. The summed E-state index contributed by atoms with van der Waals surface area (Å²) in [6, 6.07) is 0.0948. The number of nitrogens with one attached hydrogen (secondary N) is 1. The van der Waals surface area contributed by atoms with Crippen LogP contribution in [0.4, 0.5) is 5.82 Å². The van der Waals surface area contributed by atoms with Gasteiger partial charge in [0.05, 0.1) is 12.2 Å². The molecule has 78 valence electrons. The van der Waals surface area contributed by atoms with Gasteiger partial charge in [-0.25, -0.2) is 15.0 Å². The van der Waals surface area contributed by atoms with Crippen LogP contribution in [0.15, 0.2) is 24.1 Å². The van der Waals surface area contributed by atoms with Gasteiger partial charge in [0, 0.05) is 11.6 Å². The molecular formula is C9H9ClN4S. The first-order chi connectivity index (χ1) is 7.27. The summed E-state index contributed by atoms with van der Waals surface area (Å²) in [7, 11) is 0. The van der Waals surface area contributed by atoms with Gasteiger partial charge in [-0.2, -0.15) is 0 Å². The monoisotopic (exact) mass is 240 g/mol. The Morgan fingerprint density at radius 2 is 2.33 bits per heavy atom. The zero-order valence-electron chi connectivity index (χ0n) is 8.01. The Morgan fingerprint density at radius 3 is 3.00 bits per heavy atom. The van der Waals surface area contributed by atoms with E-state index < -0.39 is 0 Å². The predicted molar refractivity (Wildman–Crippen MR) is 61.2 cm³/mol. The molecule has 2 heterocycles. The van der Waals surface area contributed by atoms with Crippen LogP contribution in [0.5, 0.6) is 0 Å². The van der Waals surface area contributed by atoms with Gasteiger partial charge in [0.15, 0.2) is 0 Å². The average Bonchev–Trinajstić information content (AvgIpc) is 2.74. The van der Waals surface area contributed by atoms with Crippen molar-refractivity contribution < 1.29 is 0 Å². The van der Waals surface area contributed by atoms with Crippen LogP contribution in [0, 0.1) is 0 Å². The highest BCUT2D eigenvalue weighted by Crippen LogP contribution is 2.23. The lowest BCUT2D eigenvalue weighted by molar-refractivity contribution is 0.858. The molecule has 1 unspecified atom stereocenters. The Bertz CT molecular complexity index is 431. The van der Waals surface area contributed by atoms with Crippen LogP contribution in [0.25, 0.3) is 0 Å². The molecule has 4 nitrogen and oxygen atoms in total. The predicted octanol–water partition coefficient (Wildman–Crippen LogP) is 2.76. The summed E-state index contributed by atoms with van der Waals surface area (Å²) in [5.41, 5.74) is 0. The van der Waals surface area contributed by atoms with Crippen molar-refractivity contribution >= 4 is 28.8 Å². The van der Waals surface area contributed by atoms with E-state index in [4.69, 9.17) is 11.6 Å². The second kappa shape index (κ2) is 4.55. The minimum absolute atomic E-state index is 0.0948. The maximum atomic E-state index is 5.93. The zero-order valence-corrected chi connectivity index (χ0v) is 9.59. The molecule has 0 aliphatic carbocycles. The highest BCUT2D eigenvalue weighted by molar-refractivity contribution is 7.09. The molecule has 1 atom stereocenters. The maximum Gasteiger partial charge on any atom is 0.148 e. The fourth-order valence-electron chi connectivity index (χ4n) is 1.13. The number of nitrogens with zero attached hydrogens (tertiary/aromatic N) is 3. The van der Waals surface area contributed by atoms with Crippen LogP contribution in [0.1, 0.15) is 18.0 Å². The molecule has 0 fully saturated rings. The summed E-state index contributed by atoms with van der Waals surface area (Å²) in [6.45, 7) is 2.01. The zero-order chi connectivity index (χ0) is 10.7. The summed E-state index contributed by atoms with van der Waals surface area (Å²) >= 11 is 7.52. The summed E-state index contributed by atoms with van der Waals surface area (Å²) in [5.74, 6) is 0.634. The number of hydrogen-bond donors (Lipinski definition) is 1. The fraction of sp³-hybridized carbons (Fsp3) is 0.222. The molecule has 0 amide bonds. The molecule has 15 heavy (non-hydrogen) atoms. The van der Waals surface area contributed by atoms with Crippen LogP contribution in [-0.2, 0) is 0 Å². The average molecular weight is 241 g/mol. The standard InChI is InChI=1S/C9H9ClN4S/c1-6(9-12-2-3-15-9)14-8-7(10)4-11-5-13-8/h2-6H,1H3,(H,11,13,14). The van der Waals surface area contributed by atoms with Crippen molar-refractivity contribution in [2.75, 3.05) is 5.32 Å². The molecular weight excluding hydrogens is 232 g/mol. The quantitative estimate of drug-likeness (QED) is 0.896. The Hall–Kier alpha value is -1.20. The van der Waals surface area contributed by atoms with Crippen LogP contribution >= 0.6 is 22.9 Å². The highest BCUT2D eigenvalue weighted by Gasteiger charge is 2.10. The lowest BCUT2D eigenvalue weighted by atomic mass is 10.3. The minimum atomic E-state index is 0.0948. The van der Waals surface area contributed by atoms with E-state index in [1.165, 1.54) is 6.33 Å². The molecule has 0 saturated carbocycles. The Morgan fingerprint density at radius 1 is 1.47 bits per heavy atom. The molecule has 2 rings (SSSR count). The SMILES string of the molecule is CC(Nc1ncncc1Cl)c1nccs1. The van der Waals surface area contributed by atoms with Crippen molar-refractivity contribution in [1.82, 2.24) is 15.0 Å². The number of aromatic nitrogens is 3. The minimum Gasteiger partial charge on any atom is -0.360 e. The lowest BCUT2D eigenvalue weighted by Gasteiger charge is -2.12. The molecule has 0 bridgehead atoms. The van der Waals surface area contributed by atoms with Gasteiger partial charge >= 0.3 is 0 Å². The molecule has 1 N–H and O–H groups in total. The second-order valence-electron chi connectivity index (χ2n) is 2.96. The summed E-state index contributed by atoms with van der Waals surface area (Å²) < 4.78 is 0. The van der Waals surface area contributed by atoms with Gasteiger partial charge in [-0.05, 0) is 6.92 Å². The summed E-state index contributed by atoms with van der Waals surface area (Å²) in [5, 5.41) is 6.64. The van der Waals surface area contributed by atoms with Gasteiger partial charge in [0.2, 0.25) is 0 Å². The normalized spacial score (nSPS) is 12.4. The van der Waals surface area contributed by atoms with Crippen molar-refractivity contribution in [2.45, 2.75) is 13.0 Å². The first-order valence-corrected chi connectivity index (χ1v) is 5.64. The Kier molecular flexibility index (Phi) is 3.13. The first kappa shape index (κ1) is 10.3. The molecule has 0 aliphatic heterocycles. The third-order valence-corrected chi connectivity index (χ3v) is 3.08. The maximum absolute atomic E-state index is 5.93. The van der Waals surface area contributed by atoms with Crippen LogP contribution in [0.2, 0.25) is 5.02 Å². The van der Waals surface area contributed by atoms with E-state index in [1.807, 2.05) is 12.3 Å². The van der Waals surface area contributed by atoms with Crippen LogP contribution in [0.3, 0.4) is 0 Å². The molecule has 6 heteroatoms. The molecule has 0 radical (unpaired) electrons. The number of hydrogen-bond acceptors (Lipinski definition) is 5. The third kappa shape index (κ3) is 2.43. The third-order valence-electron chi connectivity index (χ3n) is 1.84. The summed E-state index contributed by atoms with van der Waals surface area (Å²) in [4.78, 5) is 12.1. The molecule has 2 aromatic heterocycles. The number of anilines is 1. The van der Waals surface area contributed by atoms with E-state index in [2.05, 4.69) is 20.3 Å². The largest absolute Gasteiger partial charge is 0.360 e. The highest BCUT2D eigenvalue weighted by atomic mass is 35.5. The van der Waals surface area contributed by atoms with E-state index >= 15 is 0 Å². The van der Waals surface area contributed by atoms with Crippen LogP contribution in [-0.4, -0.2) is 15.0 Å². The van der Waals surface area contributed by atoms with Crippen molar-refractivity contribution in [3.05, 3.63) is 34.1 Å². The Labute approximate surface area is 96.4 Å². The second-order valence-corrected chi connectivity index (χ2v) is 4.29. The lowest BCUT2D eigenvalue weighted by Crippen LogP contribution is -2.08. The van der Waals surface area contributed by atoms with Crippen LogP contribution < -0.4 is 5.32 Å². The summed E-state index contributed by atoms with van der Waals surface area (Å²) in [6.07, 6.45) is 4.80. The van der Waals surface area contributed by atoms with E-state index in [9.17, 15) is 0 Å². The van der Waals surface area contributed by atoms with Crippen molar-refractivity contribution in [3.8, 4) is 0 Å². The molecule has 0 aromatic carbocycles. The number of thiazole rings is 1. The first-order valence-electron chi connectivity index (χ1n) is 4.39. The van der Waals surface area contributed by atoms with E-state index in [1.54, 1.807) is 23.7 Å². The van der Waals surface area contributed by atoms with E-state index in [-0.39, 0.29) is 6.04 Å². The smallest absolute Gasteiger partial charge is 0.148 e. The van der Waals surface area contributed by atoms with Gasteiger partial charge < -0.3 is 5.32 Å². The van der Waals surface area contributed by atoms with Gasteiger partial charge in [-0.15, -0.1) is 11.3 Å². The molecule has 2 aromatic rings. The fourth-order valence-corrected chi connectivity index (χ4v) is 1.94. The van der Waals surface area contributed by atoms with Gasteiger partial charge in [-0.3, -0.25) is 0 Å².